The molecule has 0 heterocycles. The molecule has 0 saturated carbocycles. The van der Waals surface area contributed by atoms with Gasteiger partial charge >= 0.3 is 5.97 Å². The first-order chi connectivity index (χ1) is 19.9. The Kier molecular flexibility index (Phi) is 10.7. The molecule has 3 nitrogen and oxygen atoms in total. The number of carbonyl (C=O) groups is 1. The summed E-state index contributed by atoms with van der Waals surface area (Å²) < 4.78 is 5.13. The molecule has 0 bridgehead atoms. The summed E-state index contributed by atoms with van der Waals surface area (Å²) in [6.45, 7) is 10.0. The fourth-order valence-corrected chi connectivity index (χ4v) is 5.22. The van der Waals surface area contributed by atoms with E-state index in [1.165, 1.54) is 74.9 Å². The van der Waals surface area contributed by atoms with Gasteiger partial charge in [0.1, 0.15) is 0 Å². The van der Waals surface area contributed by atoms with Gasteiger partial charge in [-0.3, -0.25) is 0 Å². The smallest absolute Gasteiger partial charge is 0.335 e. The van der Waals surface area contributed by atoms with Gasteiger partial charge in [0.15, 0.2) is 0 Å². The zero-order valence-electron chi connectivity index (χ0n) is 24.7. The Labute approximate surface area is 245 Å². The Morgan fingerprint density at radius 2 is 1.20 bits per heavy atom. The number of esters is 1. The van der Waals surface area contributed by atoms with E-state index < -0.39 is 5.97 Å². The van der Waals surface area contributed by atoms with Crippen LogP contribution >= 0.6 is 0 Å². The molecule has 0 unspecified atom stereocenters. The van der Waals surface area contributed by atoms with Gasteiger partial charge in [-0.15, -0.1) is 0 Å². The molecule has 0 aliphatic carbocycles. The van der Waals surface area contributed by atoms with Crippen molar-refractivity contribution in [2.75, 3.05) is 13.2 Å². The maximum Gasteiger partial charge on any atom is 0.335 e. The van der Waals surface area contributed by atoms with Crippen LogP contribution in [0.4, 0.5) is 0 Å². The Hall–Kier alpha value is -3.95. The number of hydrogen-bond donors (Lipinski definition) is 1. The number of unbranched alkanes of at least 4 members (excludes halogenated alkanes) is 2. The Balaban J connectivity index is 1.39. The summed E-state index contributed by atoms with van der Waals surface area (Å²) in [7, 11) is 0. The first-order valence-electron chi connectivity index (χ1n) is 14.8. The quantitative estimate of drug-likeness (QED) is 0.103. The zero-order valence-corrected chi connectivity index (χ0v) is 24.7. The fraction of sp³-hybridized carbons (Fsp3) is 0.289. The van der Waals surface area contributed by atoms with Gasteiger partial charge in [0.25, 0.3) is 0 Å². The van der Waals surface area contributed by atoms with Gasteiger partial charge < -0.3 is 9.84 Å². The monoisotopic (exact) mass is 546 g/mol. The molecule has 3 heteroatoms. The van der Waals surface area contributed by atoms with Gasteiger partial charge in [0, 0.05) is 0 Å². The highest BCUT2D eigenvalue weighted by Gasteiger charge is 2.10. The van der Waals surface area contributed by atoms with Crippen molar-refractivity contribution in [3.63, 3.8) is 0 Å². The maximum atomic E-state index is 11.6. The van der Waals surface area contributed by atoms with Crippen molar-refractivity contribution < 1.29 is 14.6 Å². The third kappa shape index (κ3) is 8.05. The number of rotatable bonds is 13. The Bertz CT molecular complexity index is 1460. The molecule has 4 rings (SSSR count). The van der Waals surface area contributed by atoms with Gasteiger partial charge in [-0.2, -0.15) is 0 Å². The molecular weight excluding hydrogens is 504 g/mol. The van der Waals surface area contributed by atoms with Crippen LogP contribution in [0.1, 0.15) is 54.9 Å². The third-order valence-corrected chi connectivity index (χ3v) is 7.71. The molecule has 0 aromatic heterocycles. The summed E-state index contributed by atoms with van der Waals surface area (Å²) in [4.78, 5) is 11.6. The fourth-order valence-electron chi connectivity index (χ4n) is 5.22. The van der Waals surface area contributed by atoms with Gasteiger partial charge in [-0.1, -0.05) is 111 Å². The molecule has 0 radical (unpaired) electrons. The SMILES string of the molecule is C=C(CO)C(=O)OCCCc1ccc(-c2ccc(-c3ccc(-c4ccc(CCCCC)cc4)cc3C)cc2C)cc1. The summed E-state index contributed by atoms with van der Waals surface area (Å²) >= 11 is 0. The molecule has 1 N–H and O–H groups in total. The van der Waals surface area contributed by atoms with Crippen LogP contribution < -0.4 is 0 Å². The second-order valence-electron chi connectivity index (χ2n) is 10.9. The number of carbonyl (C=O) groups excluding carboxylic acids is 1. The van der Waals surface area contributed by atoms with Gasteiger partial charge in [-0.05, 0) is 95.2 Å². The van der Waals surface area contributed by atoms with Crippen LogP contribution in [0.5, 0.6) is 0 Å². The lowest BCUT2D eigenvalue weighted by atomic mass is 9.91. The largest absolute Gasteiger partial charge is 0.462 e. The molecule has 41 heavy (non-hydrogen) atoms. The number of benzene rings is 4. The van der Waals surface area contributed by atoms with Crippen molar-refractivity contribution in [1.82, 2.24) is 0 Å². The summed E-state index contributed by atoms with van der Waals surface area (Å²) in [6.07, 6.45) is 6.51. The average molecular weight is 547 g/mol. The van der Waals surface area contributed by atoms with Crippen LogP contribution in [0, 0.1) is 13.8 Å². The molecule has 0 atom stereocenters. The van der Waals surface area contributed by atoms with E-state index in [1.807, 2.05) is 0 Å². The molecule has 0 aliphatic heterocycles. The minimum absolute atomic E-state index is 0.0848. The number of aryl methyl sites for hydroxylation is 4. The normalized spacial score (nSPS) is 10.9. The minimum Gasteiger partial charge on any atom is -0.462 e. The predicted molar refractivity (Wildman–Crippen MR) is 171 cm³/mol. The number of ether oxygens (including phenoxy) is 1. The summed E-state index contributed by atoms with van der Waals surface area (Å²) in [6, 6.07) is 31.2. The van der Waals surface area contributed by atoms with Crippen molar-refractivity contribution >= 4 is 5.97 Å². The highest BCUT2D eigenvalue weighted by molar-refractivity contribution is 5.87. The van der Waals surface area contributed by atoms with Crippen LogP contribution in [0.15, 0.2) is 97.1 Å². The van der Waals surface area contributed by atoms with E-state index in [0.717, 1.165) is 19.3 Å². The van der Waals surface area contributed by atoms with Crippen molar-refractivity contribution in [3.8, 4) is 33.4 Å². The topological polar surface area (TPSA) is 46.5 Å². The number of aliphatic hydroxyl groups excluding tert-OH is 1. The van der Waals surface area contributed by atoms with E-state index in [4.69, 9.17) is 9.84 Å². The van der Waals surface area contributed by atoms with E-state index in [-0.39, 0.29) is 12.2 Å². The minimum atomic E-state index is -0.532. The second kappa shape index (κ2) is 14.6. The molecule has 0 fully saturated rings. The highest BCUT2D eigenvalue weighted by atomic mass is 16.5. The second-order valence-corrected chi connectivity index (χ2v) is 10.9. The third-order valence-electron chi connectivity index (χ3n) is 7.71. The zero-order chi connectivity index (χ0) is 29.2. The van der Waals surface area contributed by atoms with Crippen molar-refractivity contribution in [2.24, 2.45) is 0 Å². The molecule has 0 spiro atoms. The van der Waals surface area contributed by atoms with E-state index in [2.05, 4.69) is 112 Å². The molecule has 4 aromatic rings. The number of hydrogen-bond acceptors (Lipinski definition) is 3. The molecular formula is C38H42O3. The van der Waals surface area contributed by atoms with Gasteiger partial charge in [0.05, 0.1) is 18.8 Å². The first-order valence-corrected chi connectivity index (χ1v) is 14.8. The Morgan fingerprint density at radius 1 is 0.683 bits per heavy atom. The van der Waals surface area contributed by atoms with E-state index in [0.29, 0.717) is 6.61 Å². The van der Waals surface area contributed by atoms with Gasteiger partial charge in [0.2, 0.25) is 0 Å². The lowest BCUT2D eigenvalue weighted by molar-refractivity contribution is -0.139. The van der Waals surface area contributed by atoms with E-state index in [9.17, 15) is 4.79 Å². The average Bonchev–Trinajstić information content (AvgIpc) is 2.99. The summed E-state index contributed by atoms with van der Waals surface area (Å²) in [5, 5.41) is 8.94. The summed E-state index contributed by atoms with van der Waals surface area (Å²) in [5.41, 5.74) is 12.7. The van der Waals surface area contributed by atoms with Crippen molar-refractivity contribution in [3.05, 3.63) is 119 Å². The standard InChI is InChI=1S/C38H42O3/c1-5-6-7-9-30-11-15-32(16-12-30)34-19-21-37(27(2)24-34)35-20-22-36(28(3)25-35)33-17-13-31(14-18-33)10-8-23-41-38(40)29(4)26-39/h11-22,24-25,39H,4-10,23,26H2,1-3H3. The predicted octanol–water partition coefficient (Wildman–Crippen LogP) is 9.06. The maximum absolute atomic E-state index is 11.6. The Morgan fingerprint density at radius 3 is 1.78 bits per heavy atom. The van der Waals surface area contributed by atoms with Crippen LogP contribution in [-0.2, 0) is 22.4 Å². The highest BCUT2D eigenvalue weighted by Crippen LogP contribution is 2.32. The summed E-state index contributed by atoms with van der Waals surface area (Å²) in [5.74, 6) is -0.532. The van der Waals surface area contributed by atoms with E-state index >= 15 is 0 Å². The molecule has 0 aliphatic rings. The van der Waals surface area contributed by atoms with Crippen LogP contribution in [0.2, 0.25) is 0 Å². The van der Waals surface area contributed by atoms with Crippen molar-refractivity contribution in [2.45, 2.75) is 59.3 Å². The van der Waals surface area contributed by atoms with Gasteiger partial charge in [-0.25, -0.2) is 4.79 Å². The number of aliphatic hydroxyl groups is 1. The van der Waals surface area contributed by atoms with Crippen LogP contribution in [0.25, 0.3) is 33.4 Å². The molecule has 0 amide bonds. The van der Waals surface area contributed by atoms with Crippen LogP contribution in [0.3, 0.4) is 0 Å². The molecule has 4 aromatic carbocycles. The first kappa shape index (κ1) is 30.0. The molecule has 212 valence electrons. The molecule has 0 saturated heterocycles. The lowest BCUT2D eigenvalue weighted by Crippen LogP contribution is -2.11. The van der Waals surface area contributed by atoms with Crippen molar-refractivity contribution in [1.29, 1.82) is 0 Å². The van der Waals surface area contributed by atoms with E-state index in [1.54, 1.807) is 0 Å². The lowest BCUT2D eigenvalue weighted by Gasteiger charge is -2.13. The van der Waals surface area contributed by atoms with Crippen LogP contribution in [-0.4, -0.2) is 24.3 Å².